The van der Waals surface area contributed by atoms with Crippen molar-refractivity contribution in [1.82, 2.24) is 4.98 Å². The summed E-state index contributed by atoms with van der Waals surface area (Å²) in [6.45, 7) is 4.04. The van der Waals surface area contributed by atoms with Crippen LogP contribution in [0.4, 0.5) is 0 Å². The topological polar surface area (TPSA) is 30.0 Å². The standard InChI is InChI=1S/C18H19NO/c1-18(2,14-8-4-3-5-9-14)17(20)15-11-10-13-7-6-12-19-16(13)15/h3-9,12,15H,10-11H2,1-2H3. The first-order valence-electron chi connectivity index (χ1n) is 7.14. The number of carbonyl (C=O) groups excluding carboxylic acids is 1. The summed E-state index contributed by atoms with van der Waals surface area (Å²) in [6.07, 6.45) is 3.64. The van der Waals surface area contributed by atoms with E-state index >= 15 is 0 Å². The second kappa shape index (κ2) is 4.86. The molecule has 0 bridgehead atoms. The van der Waals surface area contributed by atoms with Crippen LogP contribution in [0, 0.1) is 0 Å². The smallest absolute Gasteiger partial charge is 0.151 e. The summed E-state index contributed by atoms with van der Waals surface area (Å²) in [5, 5.41) is 0. The second-order valence-electron chi connectivity index (χ2n) is 5.99. The van der Waals surface area contributed by atoms with Gasteiger partial charge in [-0.15, -0.1) is 0 Å². The van der Waals surface area contributed by atoms with Gasteiger partial charge in [0.25, 0.3) is 0 Å². The highest BCUT2D eigenvalue weighted by Crippen LogP contribution is 2.38. The lowest BCUT2D eigenvalue weighted by Gasteiger charge is -2.27. The summed E-state index contributed by atoms with van der Waals surface area (Å²) < 4.78 is 0. The van der Waals surface area contributed by atoms with Crippen molar-refractivity contribution < 1.29 is 4.79 Å². The number of carbonyl (C=O) groups is 1. The van der Waals surface area contributed by atoms with Crippen molar-refractivity contribution in [2.45, 2.75) is 38.0 Å². The van der Waals surface area contributed by atoms with Gasteiger partial charge in [-0.05, 0) is 43.9 Å². The Morgan fingerprint density at radius 3 is 2.65 bits per heavy atom. The summed E-state index contributed by atoms with van der Waals surface area (Å²) in [4.78, 5) is 17.4. The van der Waals surface area contributed by atoms with E-state index in [-0.39, 0.29) is 11.7 Å². The van der Waals surface area contributed by atoms with Crippen LogP contribution in [-0.2, 0) is 16.6 Å². The maximum Gasteiger partial charge on any atom is 0.151 e. The molecular weight excluding hydrogens is 246 g/mol. The molecule has 2 aromatic rings. The molecule has 2 nitrogen and oxygen atoms in total. The number of aryl methyl sites for hydroxylation is 1. The molecule has 0 saturated heterocycles. The lowest BCUT2D eigenvalue weighted by Crippen LogP contribution is -2.33. The molecule has 1 atom stereocenters. The zero-order chi connectivity index (χ0) is 14.2. The van der Waals surface area contributed by atoms with Gasteiger partial charge in [0, 0.05) is 11.6 Å². The molecule has 1 aromatic heterocycles. The third kappa shape index (κ3) is 2.05. The van der Waals surface area contributed by atoms with Crippen LogP contribution in [0.2, 0.25) is 0 Å². The molecule has 0 aliphatic heterocycles. The molecule has 20 heavy (non-hydrogen) atoms. The zero-order valence-corrected chi connectivity index (χ0v) is 12.0. The first kappa shape index (κ1) is 13.0. The van der Waals surface area contributed by atoms with Crippen molar-refractivity contribution in [3.63, 3.8) is 0 Å². The van der Waals surface area contributed by atoms with Crippen molar-refractivity contribution in [1.29, 1.82) is 0 Å². The molecule has 1 heterocycles. The lowest BCUT2D eigenvalue weighted by atomic mass is 9.75. The molecule has 0 radical (unpaired) electrons. The Kier molecular flexibility index (Phi) is 3.17. The minimum Gasteiger partial charge on any atom is -0.298 e. The number of benzene rings is 1. The van der Waals surface area contributed by atoms with Crippen molar-refractivity contribution in [3.05, 3.63) is 65.5 Å². The van der Waals surface area contributed by atoms with E-state index in [9.17, 15) is 4.79 Å². The van der Waals surface area contributed by atoms with E-state index in [0.717, 1.165) is 24.1 Å². The van der Waals surface area contributed by atoms with Gasteiger partial charge in [-0.25, -0.2) is 0 Å². The first-order valence-corrected chi connectivity index (χ1v) is 7.14. The molecule has 1 aliphatic carbocycles. The number of ketones is 1. The van der Waals surface area contributed by atoms with Crippen LogP contribution >= 0.6 is 0 Å². The van der Waals surface area contributed by atoms with Crippen LogP contribution in [0.25, 0.3) is 0 Å². The number of aromatic nitrogens is 1. The third-order valence-corrected chi connectivity index (χ3v) is 4.39. The predicted octanol–water partition coefficient (Wildman–Crippen LogP) is 3.66. The van der Waals surface area contributed by atoms with Crippen LogP contribution in [0.1, 0.15) is 43.0 Å². The summed E-state index contributed by atoms with van der Waals surface area (Å²) in [6, 6.07) is 14.1. The molecule has 3 rings (SSSR count). The van der Waals surface area contributed by atoms with Gasteiger partial charge < -0.3 is 0 Å². The largest absolute Gasteiger partial charge is 0.298 e. The fourth-order valence-electron chi connectivity index (χ4n) is 3.10. The molecule has 1 aromatic carbocycles. The Bertz CT molecular complexity index is 631. The minimum absolute atomic E-state index is 0.0543. The number of Topliss-reactive ketones (excluding diaryl/α,β-unsaturated/α-hetero) is 1. The van der Waals surface area contributed by atoms with Gasteiger partial charge >= 0.3 is 0 Å². The third-order valence-electron chi connectivity index (χ3n) is 4.39. The second-order valence-corrected chi connectivity index (χ2v) is 5.99. The number of hydrogen-bond acceptors (Lipinski definition) is 2. The van der Waals surface area contributed by atoms with Crippen LogP contribution in [0.15, 0.2) is 48.7 Å². The highest BCUT2D eigenvalue weighted by molar-refractivity contribution is 5.95. The monoisotopic (exact) mass is 265 g/mol. The van der Waals surface area contributed by atoms with E-state index in [1.54, 1.807) is 6.20 Å². The van der Waals surface area contributed by atoms with Gasteiger partial charge in [-0.3, -0.25) is 9.78 Å². The van der Waals surface area contributed by atoms with Crippen molar-refractivity contribution >= 4 is 5.78 Å². The molecule has 2 heteroatoms. The summed E-state index contributed by atoms with van der Waals surface area (Å²) in [7, 11) is 0. The highest BCUT2D eigenvalue weighted by Gasteiger charge is 2.39. The Morgan fingerprint density at radius 1 is 1.15 bits per heavy atom. The van der Waals surface area contributed by atoms with Crippen LogP contribution in [0.3, 0.4) is 0 Å². The van der Waals surface area contributed by atoms with Crippen molar-refractivity contribution in [2.75, 3.05) is 0 Å². The van der Waals surface area contributed by atoms with Crippen LogP contribution in [-0.4, -0.2) is 10.8 Å². The molecule has 0 saturated carbocycles. The summed E-state index contributed by atoms with van der Waals surface area (Å²) >= 11 is 0. The maximum atomic E-state index is 13.0. The lowest BCUT2D eigenvalue weighted by molar-refractivity contribution is -0.125. The average Bonchev–Trinajstić information content (AvgIpc) is 2.91. The first-order chi connectivity index (χ1) is 9.60. The van der Waals surface area contributed by atoms with E-state index in [4.69, 9.17) is 0 Å². The molecule has 0 amide bonds. The number of fused-ring (bicyclic) bond motifs is 1. The molecule has 1 aliphatic rings. The zero-order valence-electron chi connectivity index (χ0n) is 12.0. The highest BCUT2D eigenvalue weighted by atomic mass is 16.1. The van der Waals surface area contributed by atoms with Gasteiger partial charge in [0.1, 0.15) is 0 Å². The summed E-state index contributed by atoms with van der Waals surface area (Å²) in [5.74, 6) is 0.225. The number of nitrogens with zero attached hydrogens (tertiary/aromatic N) is 1. The Balaban J connectivity index is 1.94. The molecule has 102 valence electrons. The molecule has 0 spiro atoms. The minimum atomic E-state index is -0.467. The van der Waals surface area contributed by atoms with E-state index in [1.165, 1.54) is 5.56 Å². The van der Waals surface area contributed by atoms with Crippen molar-refractivity contribution in [3.8, 4) is 0 Å². The van der Waals surface area contributed by atoms with Gasteiger partial charge in [0.2, 0.25) is 0 Å². The number of pyridine rings is 1. The Labute approximate surface area is 119 Å². The maximum absolute atomic E-state index is 13.0. The number of hydrogen-bond donors (Lipinski definition) is 0. The SMILES string of the molecule is CC(C)(C(=O)C1CCc2cccnc21)c1ccccc1. The molecule has 1 unspecified atom stereocenters. The normalized spacial score (nSPS) is 17.8. The average molecular weight is 265 g/mol. The Hall–Kier alpha value is -1.96. The van der Waals surface area contributed by atoms with Crippen LogP contribution in [0.5, 0.6) is 0 Å². The van der Waals surface area contributed by atoms with E-state index in [2.05, 4.69) is 11.1 Å². The fourth-order valence-corrected chi connectivity index (χ4v) is 3.10. The number of rotatable bonds is 3. The fraction of sp³-hybridized carbons (Fsp3) is 0.333. The molecule has 0 N–H and O–H groups in total. The quantitative estimate of drug-likeness (QED) is 0.847. The van der Waals surface area contributed by atoms with Crippen molar-refractivity contribution in [2.24, 2.45) is 0 Å². The molecular formula is C18H19NO. The molecule has 0 fully saturated rings. The van der Waals surface area contributed by atoms with Gasteiger partial charge in [0.15, 0.2) is 5.78 Å². The van der Waals surface area contributed by atoms with Gasteiger partial charge in [-0.1, -0.05) is 36.4 Å². The van der Waals surface area contributed by atoms with Gasteiger partial charge in [0.05, 0.1) is 11.6 Å². The van der Waals surface area contributed by atoms with Crippen LogP contribution < -0.4 is 0 Å². The Morgan fingerprint density at radius 2 is 1.90 bits per heavy atom. The van der Waals surface area contributed by atoms with E-state index in [1.807, 2.05) is 50.2 Å². The van der Waals surface area contributed by atoms with E-state index < -0.39 is 5.41 Å². The summed E-state index contributed by atoms with van der Waals surface area (Å²) in [5.41, 5.74) is 2.83. The predicted molar refractivity (Wildman–Crippen MR) is 79.8 cm³/mol. The van der Waals surface area contributed by atoms with Gasteiger partial charge in [-0.2, -0.15) is 0 Å². The van der Waals surface area contributed by atoms with E-state index in [0.29, 0.717) is 0 Å².